The number of nitrogens with one attached hydrogen (secondary N) is 5. The first-order chi connectivity index (χ1) is 23.1. The van der Waals surface area contributed by atoms with Crippen molar-refractivity contribution in [2.45, 2.75) is 76.7 Å². The summed E-state index contributed by atoms with van der Waals surface area (Å²) in [7, 11) is 0. The lowest BCUT2D eigenvalue weighted by molar-refractivity contribution is -0.143. The third kappa shape index (κ3) is 14.1. The second kappa shape index (κ2) is 19.4. The van der Waals surface area contributed by atoms with Crippen LogP contribution in [-0.2, 0) is 46.4 Å². The van der Waals surface area contributed by atoms with E-state index in [0.717, 1.165) is 5.56 Å². The van der Waals surface area contributed by atoms with Crippen LogP contribution in [0.4, 0.5) is 4.39 Å². The summed E-state index contributed by atoms with van der Waals surface area (Å²) in [6, 6.07) is 7.97. The first kappa shape index (κ1) is 39.8. The zero-order chi connectivity index (χ0) is 36.7. The van der Waals surface area contributed by atoms with Crippen LogP contribution < -0.4 is 32.3 Å². The molecule has 0 fully saturated rings. The van der Waals surface area contributed by atoms with E-state index in [1.54, 1.807) is 38.1 Å². The summed E-state index contributed by atoms with van der Waals surface area (Å²) in [5, 5.41) is 30.3. The van der Waals surface area contributed by atoms with Crippen molar-refractivity contribution < 1.29 is 48.2 Å². The Morgan fingerprint density at radius 2 is 1.33 bits per heavy atom. The molecule has 0 aliphatic carbocycles. The molecule has 5 atom stereocenters. The molecule has 0 saturated carbocycles. The van der Waals surface area contributed by atoms with Crippen LogP contribution in [0.5, 0.6) is 0 Å². The number of carboxylic acid groups (broad SMARTS) is 2. The third-order valence-corrected chi connectivity index (χ3v) is 7.32. The number of amides is 5. The van der Waals surface area contributed by atoms with E-state index in [1.807, 2.05) is 6.07 Å². The van der Waals surface area contributed by atoms with E-state index in [2.05, 4.69) is 26.6 Å². The number of aliphatic carboxylic acids is 2. The lowest BCUT2D eigenvalue weighted by atomic mass is 10.0. The van der Waals surface area contributed by atoms with Crippen LogP contribution in [0.3, 0.4) is 0 Å². The van der Waals surface area contributed by atoms with Gasteiger partial charge in [0, 0.05) is 12.8 Å². The minimum absolute atomic E-state index is 0.114. The van der Waals surface area contributed by atoms with E-state index in [-0.39, 0.29) is 19.3 Å². The molecule has 0 aliphatic heterocycles. The van der Waals surface area contributed by atoms with Crippen LogP contribution in [-0.4, -0.2) is 88.4 Å². The van der Waals surface area contributed by atoms with Crippen molar-refractivity contribution in [2.75, 3.05) is 6.54 Å². The van der Waals surface area contributed by atoms with E-state index < -0.39 is 96.4 Å². The van der Waals surface area contributed by atoms with Crippen LogP contribution in [0.1, 0.15) is 44.7 Å². The molecule has 5 amide bonds. The van der Waals surface area contributed by atoms with Gasteiger partial charge >= 0.3 is 11.9 Å². The van der Waals surface area contributed by atoms with Crippen molar-refractivity contribution in [3.8, 4) is 0 Å². The lowest BCUT2D eigenvalue weighted by Crippen LogP contribution is -2.59. The summed E-state index contributed by atoms with van der Waals surface area (Å²) in [4.78, 5) is 87.0. The Morgan fingerprint density at radius 1 is 0.714 bits per heavy atom. The molecular formula is C33H43FN6O9. The van der Waals surface area contributed by atoms with E-state index in [9.17, 15) is 43.1 Å². The van der Waals surface area contributed by atoms with Crippen molar-refractivity contribution in [1.29, 1.82) is 0 Å². The maximum atomic E-state index is 13.5. The highest BCUT2D eigenvalue weighted by Gasteiger charge is 2.31. The number of rotatable bonds is 19. The van der Waals surface area contributed by atoms with Gasteiger partial charge in [-0.15, -0.1) is 0 Å². The number of hydrogen-bond acceptors (Lipinski definition) is 8. The van der Waals surface area contributed by atoms with Gasteiger partial charge in [-0.25, -0.2) is 9.18 Å². The van der Waals surface area contributed by atoms with Crippen molar-refractivity contribution in [3.63, 3.8) is 0 Å². The van der Waals surface area contributed by atoms with Crippen molar-refractivity contribution in [3.05, 3.63) is 71.5 Å². The zero-order valence-electron chi connectivity index (χ0n) is 27.4. The number of nitrogens with two attached hydrogens (primary N) is 1. The molecule has 9 N–H and O–H groups in total. The summed E-state index contributed by atoms with van der Waals surface area (Å²) < 4.78 is 13.5. The summed E-state index contributed by atoms with van der Waals surface area (Å²) in [6.45, 7) is 3.99. The zero-order valence-corrected chi connectivity index (χ0v) is 27.4. The monoisotopic (exact) mass is 686 g/mol. The van der Waals surface area contributed by atoms with Crippen molar-refractivity contribution >= 4 is 41.5 Å². The highest BCUT2D eigenvalue weighted by atomic mass is 19.1. The molecule has 266 valence electrons. The Hall–Kier alpha value is -5.38. The highest BCUT2D eigenvalue weighted by Crippen LogP contribution is 2.09. The number of halogens is 1. The molecule has 2 rings (SSSR count). The number of carbonyl (C=O) groups excluding carboxylic acids is 5. The smallest absolute Gasteiger partial charge is 0.326 e. The van der Waals surface area contributed by atoms with Crippen LogP contribution in [0.25, 0.3) is 0 Å². The largest absolute Gasteiger partial charge is 0.481 e. The van der Waals surface area contributed by atoms with Gasteiger partial charge in [-0.3, -0.25) is 28.8 Å². The highest BCUT2D eigenvalue weighted by molar-refractivity contribution is 5.95. The Balaban J connectivity index is 2.10. The lowest BCUT2D eigenvalue weighted by Gasteiger charge is -2.27. The molecular weight excluding hydrogens is 643 g/mol. The minimum Gasteiger partial charge on any atom is -0.481 e. The molecule has 49 heavy (non-hydrogen) atoms. The van der Waals surface area contributed by atoms with Gasteiger partial charge in [-0.05, 0) is 48.9 Å². The Labute approximate surface area is 282 Å². The van der Waals surface area contributed by atoms with Crippen LogP contribution >= 0.6 is 0 Å². The SMILES string of the molecule is CC(C)[C@H](NC(=O)[C@H](Cc1ccc(F)cc1)NC(=O)CNC(=O)[C@@H](N)Cc1ccccc1)C(=O)N[C@@H](C)C(=O)N[C@@H](CCC(=O)O)C(=O)O. The molecule has 2 aromatic carbocycles. The number of carbonyl (C=O) groups is 7. The van der Waals surface area contributed by atoms with Crippen LogP contribution in [0.15, 0.2) is 54.6 Å². The van der Waals surface area contributed by atoms with E-state index in [0.29, 0.717) is 5.56 Å². The van der Waals surface area contributed by atoms with Crippen LogP contribution in [0, 0.1) is 11.7 Å². The summed E-state index contributed by atoms with van der Waals surface area (Å²) in [5.41, 5.74) is 7.27. The third-order valence-electron chi connectivity index (χ3n) is 7.32. The maximum Gasteiger partial charge on any atom is 0.326 e. The minimum atomic E-state index is -1.51. The molecule has 0 saturated heterocycles. The molecule has 0 bridgehead atoms. The van der Waals surface area contributed by atoms with Gasteiger partial charge in [0.1, 0.15) is 30.0 Å². The fraction of sp³-hybridized carbons (Fsp3) is 0.424. The number of benzene rings is 2. The van der Waals surface area contributed by atoms with Gasteiger partial charge in [0.2, 0.25) is 29.5 Å². The molecule has 15 nitrogen and oxygen atoms in total. The van der Waals surface area contributed by atoms with E-state index >= 15 is 0 Å². The fourth-order valence-electron chi connectivity index (χ4n) is 4.55. The summed E-state index contributed by atoms with van der Waals surface area (Å²) in [5.74, 6) is -7.58. The molecule has 0 spiro atoms. The Kier molecular flexibility index (Phi) is 15.8. The normalized spacial score (nSPS) is 13.9. The van der Waals surface area contributed by atoms with Gasteiger partial charge in [0.05, 0.1) is 12.6 Å². The standard InChI is InChI=1S/C33H43FN6O9/c1-18(2)28(32(47)37-19(3)29(44)39-24(33(48)49)13-14-27(42)43)40-31(46)25(16-21-9-11-22(34)12-10-21)38-26(41)17-36-30(45)23(35)15-20-7-5-4-6-8-20/h4-12,18-19,23-25,28H,13-17,35H2,1-3H3,(H,36,45)(H,37,47)(H,38,41)(H,39,44)(H,40,46)(H,42,43)(H,48,49)/t19-,23-,24-,25-,28-/m0/s1. The molecule has 0 heterocycles. The number of carboxylic acids is 2. The van der Waals surface area contributed by atoms with Gasteiger partial charge in [-0.2, -0.15) is 0 Å². The van der Waals surface area contributed by atoms with E-state index in [1.165, 1.54) is 31.2 Å². The predicted octanol–water partition coefficient (Wildman–Crippen LogP) is -0.381. The Morgan fingerprint density at radius 3 is 1.90 bits per heavy atom. The fourth-order valence-corrected chi connectivity index (χ4v) is 4.55. The summed E-state index contributed by atoms with van der Waals surface area (Å²) >= 11 is 0. The molecule has 16 heteroatoms. The predicted molar refractivity (Wildman–Crippen MR) is 174 cm³/mol. The average molecular weight is 687 g/mol. The quantitative estimate of drug-likeness (QED) is 0.0952. The molecule has 2 aromatic rings. The summed E-state index contributed by atoms with van der Waals surface area (Å²) in [6.07, 6.45) is -0.776. The second-order valence-corrected chi connectivity index (χ2v) is 11.8. The topological polar surface area (TPSA) is 246 Å². The van der Waals surface area contributed by atoms with Gasteiger partial charge in [0.15, 0.2) is 0 Å². The first-order valence-corrected chi connectivity index (χ1v) is 15.5. The van der Waals surface area contributed by atoms with Crippen LogP contribution in [0.2, 0.25) is 0 Å². The van der Waals surface area contributed by atoms with Gasteiger partial charge < -0.3 is 42.5 Å². The number of hydrogen-bond donors (Lipinski definition) is 8. The molecule has 0 radical (unpaired) electrons. The second-order valence-electron chi connectivity index (χ2n) is 11.8. The molecule has 0 aliphatic rings. The van der Waals surface area contributed by atoms with E-state index in [4.69, 9.17) is 10.8 Å². The first-order valence-electron chi connectivity index (χ1n) is 15.5. The maximum absolute atomic E-state index is 13.5. The Bertz CT molecular complexity index is 1470. The van der Waals surface area contributed by atoms with Crippen molar-refractivity contribution in [2.24, 2.45) is 11.7 Å². The van der Waals surface area contributed by atoms with Crippen molar-refractivity contribution in [1.82, 2.24) is 26.6 Å². The average Bonchev–Trinajstić information content (AvgIpc) is 3.04. The van der Waals surface area contributed by atoms with Gasteiger partial charge in [-0.1, -0.05) is 56.3 Å². The molecule has 0 unspecified atom stereocenters. The van der Waals surface area contributed by atoms with Gasteiger partial charge in [0.25, 0.3) is 0 Å². The molecule has 0 aromatic heterocycles.